The third-order valence-electron chi connectivity index (χ3n) is 3.68. The van der Waals surface area contributed by atoms with Crippen LogP contribution in [0.4, 0.5) is 5.82 Å². The molecular weight excluding hydrogens is 244 g/mol. The minimum atomic E-state index is -0.529. The molecule has 0 amide bonds. The van der Waals surface area contributed by atoms with Crippen molar-refractivity contribution >= 4 is 5.82 Å². The molecule has 1 aliphatic rings. The second kappa shape index (κ2) is 4.92. The van der Waals surface area contributed by atoms with Gasteiger partial charge in [-0.1, -0.05) is 12.8 Å². The fourth-order valence-electron chi connectivity index (χ4n) is 2.27. The molecule has 1 aromatic heterocycles. The van der Waals surface area contributed by atoms with Crippen molar-refractivity contribution in [3.8, 4) is 6.07 Å². The third-order valence-corrected chi connectivity index (χ3v) is 3.68. The molecule has 1 saturated carbocycles. The molecule has 0 saturated heterocycles. The van der Waals surface area contributed by atoms with E-state index in [-0.39, 0.29) is 5.56 Å². The fraction of sp³-hybridized carbons (Fsp3) is 0.615. The van der Waals surface area contributed by atoms with Crippen molar-refractivity contribution in [1.82, 2.24) is 9.13 Å². The van der Waals surface area contributed by atoms with E-state index in [0.717, 1.165) is 23.5 Å². The third kappa shape index (κ3) is 2.41. The first-order valence-electron chi connectivity index (χ1n) is 6.38. The highest BCUT2D eigenvalue weighted by atomic mass is 16.2. The molecule has 2 rings (SSSR count). The van der Waals surface area contributed by atoms with Crippen LogP contribution in [-0.2, 0) is 14.1 Å². The quantitative estimate of drug-likeness (QED) is 0.776. The molecule has 102 valence electrons. The Bertz CT molecular complexity index is 646. The van der Waals surface area contributed by atoms with Crippen LogP contribution in [0.2, 0.25) is 0 Å². The van der Waals surface area contributed by atoms with Crippen molar-refractivity contribution in [3.05, 3.63) is 26.4 Å². The standard InChI is InChI=1S/C13H18N4O2/c1-15(7-6-9-4-5-9)11-10(8-14)12(18)17(3)13(19)16(11)2/h9H,4-7H2,1-3H3. The van der Waals surface area contributed by atoms with E-state index < -0.39 is 11.2 Å². The zero-order valence-electron chi connectivity index (χ0n) is 11.5. The fourth-order valence-corrected chi connectivity index (χ4v) is 2.27. The molecular formula is C13H18N4O2. The second-order valence-corrected chi connectivity index (χ2v) is 5.17. The van der Waals surface area contributed by atoms with E-state index in [9.17, 15) is 14.9 Å². The monoisotopic (exact) mass is 262 g/mol. The Hall–Kier alpha value is -2.03. The van der Waals surface area contributed by atoms with Gasteiger partial charge in [-0.05, 0) is 12.3 Å². The van der Waals surface area contributed by atoms with Gasteiger partial charge >= 0.3 is 5.69 Å². The molecule has 0 unspecified atom stereocenters. The molecule has 6 nitrogen and oxygen atoms in total. The summed E-state index contributed by atoms with van der Waals surface area (Å²) in [6, 6.07) is 1.92. The van der Waals surface area contributed by atoms with Gasteiger partial charge in [0.25, 0.3) is 5.56 Å². The van der Waals surface area contributed by atoms with Gasteiger partial charge in [0, 0.05) is 27.7 Å². The van der Waals surface area contributed by atoms with Gasteiger partial charge in [0.2, 0.25) is 0 Å². The molecule has 1 aromatic rings. The Morgan fingerprint density at radius 2 is 1.95 bits per heavy atom. The van der Waals surface area contributed by atoms with E-state index in [4.69, 9.17) is 0 Å². The van der Waals surface area contributed by atoms with Crippen molar-refractivity contribution in [2.75, 3.05) is 18.5 Å². The molecule has 0 N–H and O–H groups in total. The molecule has 0 aromatic carbocycles. The first-order chi connectivity index (χ1) is 8.97. The van der Waals surface area contributed by atoms with Crippen molar-refractivity contribution in [3.63, 3.8) is 0 Å². The summed E-state index contributed by atoms with van der Waals surface area (Å²) in [6.07, 6.45) is 3.55. The Morgan fingerprint density at radius 1 is 1.32 bits per heavy atom. The van der Waals surface area contributed by atoms with E-state index in [1.54, 1.807) is 7.05 Å². The van der Waals surface area contributed by atoms with Gasteiger partial charge in [-0.25, -0.2) is 4.79 Å². The number of nitriles is 1. The predicted molar refractivity (Wildman–Crippen MR) is 72.3 cm³/mol. The smallest absolute Gasteiger partial charge is 0.332 e. The SMILES string of the molecule is CN(CCC1CC1)c1c(C#N)c(=O)n(C)c(=O)n1C. The van der Waals surface area contributed by atoms with Crippen LogP contribution in [-0.4, -0.2) is 22.7 Å². The lowest BCUT2D eigenvalue weighted by Gasteiger charge is -2.23. The van der Waals surface area contributed by atoms with E-state index in [1.807, 2.05) is 18.0 Å². The molecule has 1 heterocycles. The van der Waals surface area contributed by atoms with Gasteiger partial charge < -0.3 is 4.90 Å². The molecule has 0 spiro atoms. The molecule has 0 bridgehead atoms. The maximum atomic E-state index is 11.9. The molecule has 6 heteroatoms. The van der Waals surface area contributed by atoms with Crippen LogP contribution in [0.15, 0.2) is 9.59 Å². The summed E-state index contributed by atoms with van der Waals surface area (Å²) < 4.78 is 2.34. The van der Waals surface area contributed by atoms with E-state index in [0.29, 0.717) is 5.82 Å². The number of aromatic nitrogens is 2. The number of hydrogen-bond acceptors (Lipinski definition) is 4. The lowest BCUT2D eigenvalue weighted by atomic mass is 10.2. The number of nitrogens with zero attached hydrogens (tertiary/aromatic N) is 4. The number of hydrogen-bond donors (Lipinski definition) is 0. The van der Waals surface area contributed by atoms with Crippen molar-refractivity contribution < 1.29 is 0 Å². The maximum absolute atomic E-state index is 11.9. The van der Waals surface area contributed by atoms with Crippen molar-refractivity contribution in [1.29, 1.82) is 5.26 Å². The first kappa shape index (κ1) is 13.4. The number of rotatable bonds is 4. The molecule has 1 aliphatic carbocycles. The summed E-state index contributed by atoms with van der Waals surface area (Å²) in [6.45, 7) is 0.750. The average molecular weight is 262 g/mol. The van der Waals surface area contributed by atoms with Crippen LogP contribution in [0.5, 0.6) is 0 Å². The van der Waals surface area contributed by atoms with Crippen LogP contribution >= 0.6 is 0 Å². The molecule has 0 radical (unpaired) electrons. The molecule has 1 fully saturated rings. The zero-order valence-corrected chi connectivity index (χ0v) is 11.5. The van der Waals surface area contributed by atoms with Crippen LogP contribution in [0.25, 0.3) is 0 Å². The van der Waals surface area contributed by atoms with Crippen molar-refractivity contribution in [2.24, 2.45) is 20.0 Å². The lowest BCUT2D eigenvalue weighted by Crippen LogP contribution is -2.42. The minimum Gasteiger partial charge on any atom is -0.360 e. The van der Waals surface area contributed by atoms with Gasteiger partial charge in [0.05, 0.1) is 0 Å². The normalized spacial score (nSPS) is 14.2. The minimum absolute atomic E-state index is 0.0305. The Morgan fingerprint density at radius 3 is 2.47 bits per heavy atom. The van der Waals surface area contributed by atoms with E-state index in [1.165, 1.54) is 24.5 Å². The van der Waals surface area contributed by atoms with Crippen LogP contribution in [0.1, 0.15) is 24.8 Å². The van der Waals surface area contributed by atoms with Crippen LogP contribution in [0, 0.1) is 17.2 Å². The highest BCUT2D eigenvalue weighted by molar-refractivity contribution is 5.52. The van der Waals surface area contributed by atoms with Gasteiger partial charge in [-0.2, -0.15) is 5.26 Å². The average Bonchev–Trinajstić information content (AvgIpc) is 3.21. The lowest BCUT2D eigenvalue weighted by molar-refractivity contribution is 0.647. The predicted octanol–water partition coefficient (Wildman–Crippen LogP) is 0.192. The number of anilines is 1. The van der Waals surface area contributed by atoms with Gasteiger partial charge in [0.1, 0.15) is 11.9 Å². The summed E-state index contributed by atoms with van der Waals surface area (Å²) in [5, 5.41) is 9.17. The summed E-state index contributed by atoms with van der Waals surface area (Å²) in [5.74, 6) is 1.17. The highest BCUT2D eigenvalue weighted by Crippen LogP contribution is 2.32. The molecule has 0 aliphatic heterocycles. The van der Waals surface area contributed by atoms with Crippen molar-refractivity contribution in [2.45, 2.75) is 19.3 Å². The Balaban J connectivity index is 2.45. The second-order valence-electron chi connectivity index (χ2n) is 5.17. The molecule has 19 heavy (non-hydrogen) atoms. The highest BCUT2D eigenvalue weighted by Gasteiger charge is 2.23. The maximum Gasteiger partial charge on any atom is 0.332 e. The van der Waals surface area contributed by atoms with Crippen LogP contribution in [0.3, 0.4) is 0 Å². The summed E-state index contributed by atoms with van der Waals surface area (Å²) >= 11 is 0. The first-order valence-corrected chi connectivity index (χ1v) is 6.38. The van der Waals surface area contributed by atoms with Gasteiger partial charge in [-0.3, -0.25) is 13.9 Å². The van der Waals surface area contributed by atoms with Gasteiger partial charge in [-0.15, -0.1) is 0 Å². The van der Waals surface area contributed by atoms with Gasteiger partial charge in [0.15, 0.2) is 5.56 Å². The Kier molecular flexibility index (Phi) is 3.47. The molecule has 0 atom stereocenters. The Labute approximate surface area is 111 Å². The summed E-state index contributed by atoms with van der Waals surface area (Å²) in [7, 11) is 4.79. The zero-order chi connectivity index (χ0) is 14.2. The topological polar surface area (TPSA) is 71.0 Å². The largest absolute Gasteiger partial charge is 0.360 e. The van der Waals surface area contributed by atoms with E-state index in [2.05, 4.69) is 0 Å². The van der Waals surface area contributed by atoms with Crippen LogP contribution < -0.4 is 16.1 Å². The summed E-state index contributed by atoms with van der Waals surface area (Å²) in [5.41, 5.74) is -0.904. The summed E-state index contributed by atoms with van der Waals surface area (Å²) in [4.78, 5) is 25.7. The van der Waals surface area contributed by atoms with E-state index >= 15 is 0 Å².